The van der Waals surface area contributed by atoms with E-state index in [0.717, 1.165) is 34.1 Å². The van der Waals surface area contributed by atoms with E-state index in [1.807, 2.05) is 49.6 Å². The van der Waals surface area contributed by atoms with Gasteiger partial charge in [-0.2, -0.15) is 11.8 Å². The molecule has 0 aliphatic heterocycles. The largest absolute Gasteiger partial charge is 1.00 e. The van der Waals surface area contributed by atoms with Crippen molar-refractivity contribution in [3.8, 4) is 11.1 Å². The van der Waals surface area contributed by atoms with E-state index < -0.39 is 17.9 Å². The SMILES string of the molecule is CSCC[C@H](NC(=O)c1ccc(CCC(=O)NC2C3CC4CC(C3)CC2C4)cc1-c1ccccc1C)C(=O)[O-].[Li+]. The van der Waals surface area contributed by atoms with E-state index in [0.29, 0.717) is 48.5 Å². The minimum Gasteiger partial charge on any atom is -0.548 e. The van der Waals surface area contributed by atoms with Crippen molar-refractivity contribution < 1.29 is 38.4 Å². The van der Waals surface area contributed by atoms with Crippen LogP contribution in [0.4, 0.5) is 0 Å². The van der Waals surface area contributed by atoms with Gasteiger partial charge in [0.2, 0.25) is 5.91 Å². The molecule has 4 bridgehead atoms. The maximum Gasteiger partial charge on any atom is 1.00 e. The fraction of sp³-hybridized carbons (Fsp3) is 0.531. The summed E-state index contributed by atoms with van der Waals surface area (Å²) in [5.74, 6) is 2.05. The van der Waals surface area contributed by atoms with Gasteiger partial charge >= 0.3 is 18.9 Å². The summed E-state index contributed by atoms with van der Waals surface area (Å²) in [7, 11) is 0. The van der Waals surface area contributed by atoms with Crippen molar-refractivity contribution in [3.63, 3.8) is 0 Å². The number of amides is 2. The predicted octanol–water partition coefficient (Wildman–Crippen LogP) is 1.14. The Morgan fingerprint density at radius 2 is 1.65 bits per heavy atom. The number of carbonyl (C=O) groups excluding carboxylic acids is 3. The molecule has 4 aliphatic rings. The second-order valence-corrected chi connectivity index (χ2v) is 12.8. The summed E-state index contributed by atoms with van der Waals surface area (Å²) in [5, 5.41) is 17.7. The molecule has 4 aliphatic carbocycles. The molecule has 0 heterocycles. The molecular weight excluding hydrogens is 515 g/mol. The average Bonchev–Trinajstić information content (AvgIpc) is 2.91. The molecule has 2 N–H and O–H groups in total. The van der Waals surface area contributed by atoms with Crippen LogP contribution in [0.5, 0.6) is 0 Å². The molecule has 4 saturated carbocycles. The van der Waals surface area contributed by atoms with Gasteiger partial charge in [0.15, 0.2) is 0 Å². The van der Waals surface area contributed by atoms with Crippen LogP contribution >= 0.6 is 11.8 Å². The third-order valence-electron chi connectivity index (χ3n) is 9.16. The topological polar surface area (TPSA) is 98.3 Å². The minimum atomic E-state index is -1.28. The van der Waals surface area contributed by atoms with Crippen LogP contribution in [-0.4, -0.2) is 41.9 Å². The maximum absolute atomic E-state index is 13.3. The average molecular weight is 555 g/mol. The fourth-order valence-corrected chi connectivity index (χ4v) is 7.91. The van der Waals surface area contributed by atoms with Crippen LogP contribution in [0.15, 0.2) is 42.5 Å². The van der Waals surface area contributed by atoms with Crippen LogP contribution < -0.4 is 34.6 Å². The van der Waals surface area contributed by atoms with Gasteiger partial charge in [0.1, 0.15) is 0 Å². The number of thioether (sulfide) groups is 1. The molecule has 0 saturated heterocycles. The minimum absolute atomic E-state index is 0. The van der Waals surface area contributed by atoms with Gasteiger partial charge in [-0.15, -0.1) is 0 Å². The second-order valence-electron chi connectivity index (χ2n) is 11.8. The monoisotopic (exact) mass is 554 g/mol. The molecule has 0 spiro atoms. The Morgan fingerprint density at radius 1 is 0.975 bits per heavy atom. The zero-order chi connectivity index (χ0) is 27.5. The third-order valence-corrected chi connectivity index (χ3v) is 9.80. The Morgan fingerprint density at radius 3 is 2.27 bits per heavy atom. The quantitative estimate of drug-likeness (QED) is 0.406. The zero-order valence-electron chi connectivity index (χ0n) is 23.9. The van der Waals surface area contributed by atoms with Crippen molar-refractivity contribution in [2.45, 2.75) is 70.4 Å². The number of carboxylic acids is 1. The molecular formula is C32H39LiN2O4S. The molecule has 2 amide bonds. The molecule has 6 rings (SSSR count). The van der Waals surface area contributed by atoms with E-state index in [9.17, 15) is 19.5 Å². The number of aryl methyl sites for hydroxylation is 2. The Kier molecular flexibility index (Phi) is 10.5. The summed E-state index contributed by atoms with van der Waals surface area (Å²) < 4.78 is 0. The van der Waals surface area contributed by atoms with Gasteiger partial charge in [-0.1, -0.05) is 36.4 Å². The van der Waals surface area contributed by atoms with Crippen LogP contribution in [0, 0.1) is 30.6 Å². The Bertz CT molecular complexity index is 1210. The van der Waals surface area contributed by atoms with Crippen LogP contribution in [0.3, 0.4) is 0 Å². The van der Waals surface area contributed by atoms with E-state index in [-0.39, 0.29) is 24.8 Å². The number of carboxylic acid groups (broad SMARTS) is 1. The van der Waals surface area contributed by atoms with Crippen molar-refractivity contribution in [1.29, 1.82) is 0 Å². The number of hydrogen-bond donors (Lipinski definition) is 2. The fourth-order valence-electron chi connectivity index (χ4n) is 7.44. The van der Waals surface area contributed by atoms with Crippen molar-refractivity contribution in [2.24, 2.45) is 23.7 Å². The van der Waals surface area contributed by atoms with E-state index in [1.54, 1.807) is 6.07 Å². The molecule has 4 fully saturated rings. The summed E-state index contributed by atoms with van der Waals surface area (Å²) >= 11 is 1.52. The summed E-state index contributed by atoms with van der Waals surface area (Å²) in [6.07, 6.45) is 9.68. The van der Waals surface area contributed by atoms with Gasteiger partial charge in [0.25, 0.3) is 5.91 Å². The molecule has 1 atom stereocenters. The molecule has 40 heavy (non-hydrogen) atoms. The van der Waals surface area contributed by atoms with Crippen molar-refractivity contribution >= 4 is 29.5 Å². The standard InChI is InChI=1S/C32H40N2O4S.Li/c1-19-5-3-4-6-25(19)27-18-20(7-9-26(27)31(36)33-28(32(37)38)11-12-39-2)8-10-29(35)34-30-23-14-21-13-22(16-23)17-24(30)15-21;/h3-7,9,18,21-24,28,30H,8,10-17H2,1-2H3,(H,33,36)(H,34,35)(H,37,38);/q;+1/p-1/t21?,22?,23?,24?,28-,30?;/m0./s1. The number of rotatable bonds is 11. The van der Waals surface area contributed by atoms with Gasteiger partial charge in [-0.25, -0.2) is 0 Å². The first-order chi connectivity index (χ1) is 18.8. The summed E-state index contributed by atoms with van der Waals surface area (Å²) in [5.41, 5.74) is 4.07. The second kappa shape index (κ2) is 13.6. The van der Waals surface area contributed by atoms with E-state index in [2.05, 4.69) is 10.6 Å². The predicted molar refractivity (Wildman–Crippen MR) is 153 cm³/mol. The first kappa shape index (κ1) is 30.7. The van der Waals surface area contributed by atoms with Crippen LogP contribution in [0.25, 0.3) is 11.1 Å². The normalized spacial score (nSPS) is 25.1. The van der Waals surface area contributed by atoms with Crippen LogP contribution in [-0.2, 0) is 16.0 Å². The molecule has 6 nitrogen and oxygen atoms in total. The molecule has 208 valence electrons. The van der Waals surface area contributed by atoms with Gasteiger partial charge in [-0.05, 0) is 116 Å². The Hall–Kier alpha value is -2.20. The first-order valence-electron chi connectivity index (χ1n) is 14.3. The van der Waals surface area contributed by atoms with Gasteiger partial charge in [-0.3, -0.25) is 9.59 Å². The van der Waals surface area contributed by atoms with Crippen LogP contribution in [0.1, 0.15) is 66.4 Å². The van der Waals surface area contributed by atoms with E-state index in [4.69, 9.17) is 0 Å². The molecule has 2 aromatic carbocycles. The molecule has 0 radical (unpaired) electrons. The van der Waals surface area contributed by atoms with Crippen LogP contribution in [0.2, 0.25) is 0 Å². The smallest absolute Gasteiger partial charge is 0.548 e. The number of nitrogens with one attached hydrogen (secondary N) is 2. The molecule has 2 aromatic rings. The summed E-state index contributed by atoms with van der Waals surface area (Å²) in [4.78, 5) is 37.9. The third kappa shape index (κ3) is 6.98. The summed E-state index contributed by atoms with van der Waals surface area (Å²) in [6.45, 7) is 1.99. The number of carbonyl (C=O) groups is 3. The van der Waals surface area contributed by atoms with Gasteiger partial charge in [0.05, 0.1) is 12.0 Å². The molecule has 0 aromatic heterocycles. The number of hydrogen-bond acceptors (Lipinski definition) is 5. The molecule has 8 heteroatoms. The van der Waals surface area contributed by atoms with Crippen molar-refractivity contribution in [3.05, 3.63) is 59.2 Å². The maximum atomic E-state index is 13.3. The number of aliphatic carboxylic acids is 1. The molecule has 0 unspecified atom stereocenters. The zero-order valence-corrected chi connectivity index (χ0v) is 24.7. The van der Waals surface area contributed by atoms with E-state index >= 15 is 0 Å². The summed E-state index contributed by atoms with van der Waals surface area (Å²) in [6, 6.07) is 12.7. The first-order valence-corrected chi connectivity index (χ1v) is 15.7. The Labute approximate surface area is 254 Å². The number of benzene rings is 2. The van der Waals surface area contributed by atoms with Crippen molar-refractivity contribution in [2.75, 3.05) is 12.0 Å². The Balaban J connectivity index is 0.00000370. The van der Waals surface area contributed by atoms with Crippen molar-refractivity contribution in [1.82, 2.24) is 10.6 Å². The van der Waals surface area contributed by atoms with E-state index in [1.165, 1.54) is 43.9 Å². The van der Waals surface area contributed by atoms with Gasteiger partial charge < -0.3 is 20.5 Å². The van der Waals surface area contributed by atoms with Gasteiger partial charge in [0, 0.05) is 18.0 Å².